The van der Waals surface area contributed by atoms with Crippen molar-refractivity contribution >= 4 is 5.97 Å². The molecule has 2 rings (SSSR count). The molecular weight excluding hydrogens is 298 g/mol. The first-order valence-corrected chi connectivity index (χ1v) is 8.60. The molecule has 0 unspecified atom stereocenters. The van der Waals surface area contributed by atoms with Gasteiger partial charge in [0.25, 0.3) is 0 Å². The molecular formula is C21H27NO2. The van der Waals surface area contributed by atoms with E-state index in [-0.39, 0.29) is 5.92 Å². The number of rotatable bonds is 9. The third kappa shape index (κ3) is 5.82. The molecule has 2 aromatic rings. The summed E-state index contributed by atoms with van der Waals surface area (Å²) in [5.74, 6) is -0.352. The van der Waals surface area contributed by atoms with Crippen molar-refractivity contribution in [1.82, 2.24) is 5.32 Å². The van der Waals surface area contributed by atoms with E-state index < -0.39 is 12.0 Å². The highest BCUT2D eigenvalue weighted by Crippen LogP contribution is 2.15. The Labute approximate surface area is 144 Å². The van der Waals surface area contributed by atoms with E-state index in [1.807, 2.05) is 26.0 Å². The Morgan fingerprint density at radius 3 is 1.75 bits per heavy atom. The second-order valence-corrected chi connectivity index (χ2v) is 6.71. The fraction of sp³-hybridized carbons (Fsp3) is 0.381. The second-order valence-electron chi connectivity index (χ2n) is 6.71. The maximum atomic E-state index is 11.4. The van der Waals surface area contributed by atoms with Gasteiger partial charge in [-0.3, -0.25) is 4.79 Å². The summed E-state index contributed by atoms with van der Waals surface area (Å²) in [6.07, 6.45) is 1.88. The lowest BCUT2D eigenvalue weighted by Crippen LogP contribution is -2.43. The highest BCUT2D eigenvalue weighted by atomic mass is 16.4. The average molecular weight is 325 g/mol. The van der Waals surface area contributed by atoms with Crippen molar-refractivity contribution < 1.29 is 9.90 Å². The van der Waals surface area contributed by atoms with Gasteiger partial charge in [-0.2, -0.15) is 0 Å². The lowest BCUT2D eigenvalue weighted by atomic mass is 9.91. The van der Waals surface area contributed by atoms with E-state index in [0.29, 0.717) is 12.5 Å². The summed E-state index contributed by atoms with van der Waals surface area (Å²) in [6, 6.07) is 20.3. The Morgan fingerprint density at radius 1 is 0.917 bits per heavy atom. The third-order valence-electron chi connectivity index (χ3n) is 4.29. The lowest BCUT2D eigenvalue weighted by Gasteiger charge is -2.23. The van der Waals surface area contributed by atoms with E-state index in [0.717, 1.165) is 12.8 Å². The van der Waals surface area contributed by atoms with Gasteiger partial charge in [-0.25, -0.2) is 0 Å². The number of hydrogen-bond donors (Lipinski definition) is 2. The van der Waals surface area contributed by atoms with Crippen LogP contribution in [0.1, 0.15) is 25.0 Å². The molecule has 0 fully saturated rings. The Hall–Kier alpha value is -2.13. The van der Waals surface area contributed by atoms with Gasteiger partial charge in [-0.05, 0) is 42.3 Å². The van der Waals surface area contributed by atoms with E-state index in [9.17, 15) is 9.90 Å². The monoisotopic (exact) mass is 325 g/mol. The number of aliphatic carboxylic acids is 1. The fourth-order valence-corrected chi connectivity index (χ4v) is 3.01. The van der Waals surface area contributed by atoms with Gasteiger partial charge in [0.15, 0.2) is 0 Å². The van der Waals surface area contributed by atoms with Crippen molar-refractivity contribution in [2.24, 2.45) is 11.8 Å². The Bertz CT molecular complexity index is 569. The first-order valence-electron chi connectivity index (χ1n) is 8.60. The summed E-state index contributed by atoms with van der Waals surface area (Å²) in [5, 5.41) is 12.6. The molecule has 0 saturated carbocycles. The number of carbonyl (C=O) groups is 1. The molecule has 0 radical (unpaired) electrons. The van der Waals surface area contributed by atoms with E-state index in [1.54, 1.807) is 0 Å². The molecule has 3 heteroatoms. The summed E-state index contributed by atoms with van der Waals surface area (Å²) in [6.45, 7) is 4.57. The molecule has 0 heterocycles. The van der Waals surface area contributed by atoms with Crippen molar-refractivity contribution in [3.05, 3.63) is 71.8 Å². The van der Waals surface area contributed by atoms with E-state index in [1.165, 1.54) is 11.1 Å². The molecule has 0 aliphatic rings. The van der Waals surface area contributed by atoms with Crippen LogP contribution in [-0.4, -0.2) is 23.7 Å². The van der Waals surface area contributed by atoms with Crippen LogP contribution < -0.4 is 5.32 Å². The number of carboxylic acids is 1. The van der Waals surface area contributed by atoms with Crippen LogP contribution in [0.3, 0.4) is 0 Å². The fourth-order valence-electron chi connectivity index (χ4n) is 3.01. The molecule has 24 heavy (non-hydrogen) atoms. The highest BCUT2D eigenvalue weighted by Gasteiger charge is 2.22. The molecule has 3 nitrogen and oxygen atoms in total. The van der Waals surface area contributed by atoms with Crippen molar-refractivity contribution in [2.75, 3.05) is 6.54 Å². The topological polar surface area (TPSA) is 49.3 Å². The van der Waals surface area contributed by atoms with Crippen molar-refractivity contribution in [3.63, 3.8) is 0 Å². The van der Waals surface area contributed by atoms with Crippen LogP contribution in [-0.2, 0) is 17.6 Å². The summed E-state index contributed by atoms with van der Waals surface area (Å²) in [5.41, 5.74) is 2.58. The standard InChI is InChI=1S/C21H27NO2/c1-16(2)20(21(23)24)22-15-19(13-17-9-5-3-6-10-17)14-18-11-7-4-8-12-18/h3-12,16,19-20,22H,13-15H2,1-2H3,(H,23,24)/t20-/m0/s1. The Kier molecular flexibility index (Phi) is 7.01. The smallest absolute Gasteiger partial charge is 0.320 e. The van der Waals surface area contributed by atoms with Gasteiger partial charge in [-0.1, -0.05) is 74.5 Å². The molecule has 0 spiro atoms. The van der Waals surface area contributed by atoms with Crippen LogP contribution in [0.2, 0.25) is 0 Å². The van der Waals surface area contributed by atoms with Gasteiger partial charge < -0.3 is 10.4 Å². The summed E-state index contributed by atoms with van der Waals surface area (Å²) < 4.78 is 0. The van der Waals surface area contributed by atoms with Gasteiger partial charge in [0, 0.05) is 0 Å². The van der Waals surface area contributed by atoms with Crippen molar-refractivity contribution in [2.45, 2.75) is 32.7 Å². The maximum absolute atomic E-state index is 11.4. The van der Waals surface area contributed by atoms with Crippen molar-refractivity contribution in [1.29, 1.82) is 0 Å². The predicted octanol–water partition coefficient (Wildman–Crippen LogP) is 3.79. The number of carboxylic acid groups (broad SMARTS) is 1. The van der Waals surface area contributed by atoms with Crippen LogP contribution in [0.15, 0.2) is 60.7 Å². The van der Waals surface area contributed by atoms with Crippen LogP contribution in [0.4, 0.5) is 0 Å². The molecule has 0 saturated heterocycles. The zero-order valence-electron chi connectivity index (χ0n) is 14.5. The molecule has 0 aliphatic carbocycles. The van der Waals surface area contributed by atoms with Crippen LogP contribution >= 0.6 is 0 Å². The number of hydrogen-bond acceptors (Lipinski definition) is 2. The molecule has 2 N–H and O–H groups in total. The minimum Gasteiger partial charge on any atom is -0.480 e. The minimum absolute atomic E-state index is 0.0663. The SMILES string of the molecule is CC(C)[C@H](NCC(Cc1ccccc1)Cc1ccccc1)C(=O)O. The summed E-state index contributed by atoms with van der Waals surface area (Å²) in [7, 11) is 0. The molecule has 0 amide bonds. The average Bonchev–Trinajstić information content (AvgIpc) is 2.56. The van der Waals surface area contributed by atoms with Gasteiger partial charge in [-0.15, -0.1) is 0 Å². The highest BCUT2D eigenvalue weighted by molar-refractivity contribution is 5.73. The largest absolute Gasteiger partial charge is 0.480 e. The quantitative estimate of drug-likeness (QED) is 0.737. The summed E-state index contributed by atoms with van der Waals surface area (Å²) >= 11 is 0. The molecule has 1 atom stereocenters. The predicted molar refractivity (Wildman–Crippen MR) is 98.0 cm³/mol. The van der Waals surface area contributed by atoms with Crippen LogP contribution in [0.5, 0.6) is 0 Å². The number of benzene rings is 2. The normalized spacial score (nSPS) is 12.5. The zero-order chi connectivity index (χ0) is 17.4. The van der Waals surface area contributed by atoms with E-state index >= 15 is 0 Å². The molecule has 128 valence electrons. The molecule has 0 aliphatic heterocycles. The minimum atomic E-state index is -0.775. The Morgan fingerprint density at radius 2 is 1.38 bits per heavy atom. The first kappa shape index (κ1) is 18.2. The second kappa shape index (κ2) is 9.24. The molecule has 0 bridgehead atoms. The molecule has 2 aromatic carbocycles. The van der Waals surface area contributed by atoms with Crippen molar-refractivity contribution in [3.8, 4) is 0 Å². The van der Waals surface area contributed by atoms with Gasteiger partial charge >= 0.3 is 5.97 Å². The molecule has 0 aromatic heterocycles. The zero-order valence-corrected chi connectivity index (χ0v) is 14.5. The van der Waals surface area contributed by atoms with E-state index in [4.69, 9.17) is 0 Å². The van der Waals surface area contributed by atoms with Crippen LogP contribution in [0, 0.1) is 11.8 Å². The first-order chi connectivity index (χ1) is 11.6. The number of nitrogens with one attached hydrogen (secondary N) is 1. The van der Waals surface area contributed by atoms with E-state index in [2.05, 4.69) is 53.8 Å². The third-order valence-corrected chi connectivity index (χ3v) is 4.29. The Balaban J connectivity index is 2.05. The van der Waals surface area contributed by atoms with Crippen LogP contribution in [0.25, 0.3) is 0 Å². The maximum Gasteiger partial charge on any atom is 0.320 e. The van der Waals surface area contributed by atoms with Gasteiger partial charge in [0.05, 0.1) is 0 Å². The van der Waals surface area contributed by atoms with Gasteiger partial charge in [0.1, 0.15) is 6.04 Å². The summed E-state index contributed by atoms with van der Waals surface area (Å²) in [4.78, 5) is 11.4. The lowest BCUT2D eigenvalue weighted by molar-refractivity contribution is -0.140. The van der Waals surface area contributed by atoms with Gasteiger partial charge in [0.2, 0.25) is 0 Å².